The van der Waals surface area contributed by atoms with Crippen molar-refractivity contribution in [2.45, 2.75) is 6.92 Å². The third-order valence-electron chi connectivity index (χ3n) is 2.93. The van der Waals surface area contributed by atoms with E-state index in [0.29, 0.717) is 16.8 Å². The maximum atomic E-state index is 12.1. The second kappa shape index (κ2) is 5.89. The van der Waals surface area contributed by atoms with E-state index in [9.17, 15) is 4.79 Å². The highest BCUT2D eigenvalue weighted by molar-refractivity contribution is 6.04. The minimum atomic E-state index is -0.194. The monoisotopic (exact) mass is 266 g/mol. The fraction of sp³-hybridized carbons (Fsp3) is 0.125. The molecule has 20 heavy (non-hydrogen) atoms. The van der Waals surface area contributed by atoms with Crippen LogP contribution in [0.3, 0.4) is 0 Å². The number of nitriles is 1. The Labute approximate surface area is 117 Å². The Morgan fingerprint density at radius 2 is 1.90 bits per heavy atom. The highest BCUT2D eigenvalue weighted by Gasteiger charge is 2.08. The summed E-state index contributed by atoms with van der Waals surface area (Å²) >= 11 is 0. The predicted octanol–water partition coefficient (Wildman–Crippen LogP) is 3.13. The van der Waals surface area contributed by atoms with Crippen molar-refractivity contribution in [1.29, 1.82) is 5.26 Å². The average molecular weight is 266 g/mol. The van der Waals surface area contributed by atoms with Crippen molar-refractivity contribution in [3.8, 4) is 11.8 Å². The number of amides is 1. The second-order valence-corrected chi connectivity index (χ2v) is 4.33. The number of carbonyl (C=O) groups excluding carboxylic acids is 1. The summed E-state index contributed by atoms with van der Waals surface area (Å²) in [5.41, 5.74) is 2.68. The van der Waals surface area contributed by atoms with Crippen LogP contribution in [0.2, 0.25) is 0 Å². The van der Waals surface area contributed by atoms with Gasteiger partial charge < -0.3 is 10.1 Å². The molecule has 100 valence electrons. The quantitative estimate of drug-likeness (QED) is 0.928. The largest absolute Gasteiger partial charge is 0.496 e. The Bertz CT molecular complexity index is 670. The Morgan fingerprint density at radius 1 is 1.20 bits per heavy atom. The minimum absolute atomic E-state index is 0.194. The third kappa shape index (κ3) is 2.96. The molecule has 0 saturated heterocycles. The van der Waals surface area contributed by atoms with E-state index in [-0.39, 0.29) is 5.91 Å². The van der Waals surface area contributed by atoms with Gasteiger partial charge in [-0.1, -0.05) is 0 Å². The molecule has 0 radical (unpaired) electrons. The molecule has 0 atom stereocenters. The molecule has 4 nitrogen and oxygen atoms in total. The van der Waals surface area contributed by atoms with E-state index >= 15 is 0 Å². The summed E-state index contributed by atoms with van der Waals surface area (Å²) in [6, 6.07) is 14.0. The lowest BCUT2D eigenvalue weighted by Gasteiger charge is -2.08. The molecule has 0 heterocycles. The van der Waals surface area contributed by atoms with Gasteiger partial charge in [-0.25, -0.2) is 0 Å². The van der Waals surface area contributed by atoms with Gasteiger partial charge in [-0.2, -0.15) is 5.26 Å². The first-order valence-corrected chi connectivity index (χ1v) is 6.10. The Balaban J connectivity index is 2.15. The summed E-state index contributed by atoms with van der Waals surface area (Å²) in [6.45, 7) is 1.89. The van der Waals surface area contributed by atoms with Gasteiger partial charge in [0.15, 0.2) is 0 Å². The van der Waals surface area contributed by atoms with Gasteiger partial charge in [0.1, 0.15) is 5.75 Å². The molecule has 2 aromatic carbocycles. The number of hydrogen-bond acceptors (Lipinski definition) is 3. The molecular weight excluding hydrogens is 252 g/mol. The molecule has 0 spiro atoms. The van der Waals surface area contributed by atoms with Crippen LogP contribution in [-0.4, -0.2) is 13.0 Å². The molecule has 0 aliphatic carbocycles. The smallest absolute Gasteiger partial charge is 0.255 e. The third-order valence-corrected chi connectivity index (χ3v) is 2.93. The molecule has 0 unspecified atom stereocenters. The number of carbonyl (C=O) groups is 1. The molecular formula is C16H14N2O2. The number of benzene rings is 2. The zero-order valence-electron chi connectivity index (χ0n) is 11.3. The van der Waals surface area contributed by atoms with Crippen LogP contribution in [-0.2, 0) is 0 Å². The van der Waals surface area contributed by atoms with Crippen LogP contribution < -0.4 is 10.1 Å². The Morgan fingerprint density at radius 3 is 2.45 bits per heavy atom. The van der Waals surface area contributed by atoms with Crippen molar-refractivity contribution in [2.24, 2.45) is 0 Å². The van der Waals surface area contributed by atoms with E-state index in [1.807, 2.05) is 13.0 Å². The van der Waals surface area contributed by atoms with Crippen LogP contribution in [0.15, 0.2) is 42.5 Å². The highest BCUT2D eigenvalue weighted by atomic mass is 16.5. The van der Waals surface area contributed by atoms with Crippen molar-refractivity contribution in [3.63, 3.8) is 0 Å². The molecule has 2 aromatic rings. The molecule has 0 bridgehead atoms. The molecule has 4 heteroatoms. The lowest BCUT2D eigenvalue weighted by Crippen LogP contribution is -2.12. The first-order valence-electron chi connectivity index (χ1n) is 6.10. The summed E-state index contributed by atoms with van der Waals surface area (Å²) in [4.78, 5) is 12.1. The summed E-state index contributed by atoms with van der Waals surface area (Å²) in [5, 5.41) is 11.5. The zero-order valence-corrected chi connectivity index (χ0v) is 11.3. The van der Waals surface area contributed by atoms with Crippen LogP contribution in [0.1, 0.15) is 21.5 Å². The molecule has 0 saturated carbocycles. The number of ether oxygens (including phenoxy) is 1. The van der Waals surface area contributed by atoms with Crippen molar-refractivity contribution in [2.75, 3.05) is 12.4 Å². The summed E-state index contributed by atoms with van der Waals surface area (Å²) < 4.78 is 5.16. The van der Waals surface area contributed by atoms with Gasteiger partial charge >= 0.3 is 0 Å². The van der Waals surface area contributed by atoms with Gasteiger partial charge in [0, 0.05) is 11.3 Å². The first-order chi connectivity index (χ1) is 9.63. The van der Waals surface area contributed by atoms with E-state index in [1.54, 1.807) is 49.6 Å². The normalized spacial score (nSPS) is 9.65. The van der Waals surface area contributed by atoms with Gasteiger partial charge in [0.05, 0.1) is 18.7 Å². The van der Waals surface area contributed by atoms with E-state index in [1.165, 1.54) is 0 Å². The summed E-state index contributed by atoms with van der Waals surface area (Å²) in [6.07, 6.45) is 0. The van der Waals surface area contributed by atoms with Gasteiger partial charge in [-0.15, -0.1) is 0 Å². The lowest BCUT2D eigenvalue weighted by molar-refractivity contribution is 0.102. The van der Waals surface area contributed by atoms with Crippen LogP contribution in [0.5, 0.6) is 5.75 Å². The van der Waals surface area contributed by atoms with Crippen LogP contribution >= 0.6 is 0 Å². The number of nitrogens with one attached hydrogen (secondary N) is 1. The highest BCUT2D eigenvalue weighted by Crippen LogP contribution is 2.19. The molecule has 0 fully saturated rings. The number of hydrogen-bond donors (Lipinski definition) is 1. The van der Waals surface area contributed by atoms with Gasteiger partial charge in [0.2, 0.25) is 0 Å². The fourth-order valence-electron chi connectivity index (χ4n) is 1.85. The fourth-order valence-corrected chi connectivity index (χ4v) is 1.85. The molecule has 0 aliphatic rings. The Hall–Kier alpha value is -2.80. The molecule has 0 aromatic heterocycles. The van der Waals surface area contributed by atoms with E-state index in [0.717, 1.165) is 11.3 Å². The van der Waals surface area contributed by atoms with Crippen LogP contribution in [0.25, 0.3) is 0 Å². The second-order valence-electron chi connectivity index (χ2n) is 4.33. The number of rotatable bonds is 3. The lowest BCUT2D eigenvalue weighted by atomic mass is 10.1. The zero-order chi connectivity index (χ0) is 14.5. The van der Waals surface area contributed by atoms with E-state index in [2.05, 4.69) is 5.32 Å². The SMILES string of the molecule is COc1ccc(C(=O)Nc2ccc(C#N)cc2)cc1C. The number of anilines is 1. The van der Waals surface area contributed by atoms with Gasteiger partial charge in [-0.05, 0) is 55.0 Å². The Kier molecular flexibility index (Phi) is 4.02. The molecule has 1 amide bonds. The van der Waals surface area contributed by atoms with Crippen molar-refractivity contribution in [1.82, 2.24) is 0 Å². The van der Waals surface area contributed by atoms with Crippen LogP contribution in [0.4, 0.5) is 5.69 Å². The minimum Gasteiger partial charge on any atom is -0.496 e. The van der Waals surface area contributed by atoms with E-state index < -0.39 is 0 Å². The van der Waals surface area contributed by atoms with Crippen molar-refractivity contribution >= 4 is 11.6 Å². The maximum absolute atomic E-state index is 12.1. The summed E-state index contributed by atoms with van der Waals surface area (Å²) in [5.74, 6) is 0.556. The first kappa shape index (κ1) is 13.6. The van der Waals surface area contributed by atoms with Gasteiger partial charge in [-0.3, -0.25) is 4.79 Å². The van der Waals surface area contributed by atoms with Crippen molar-refractivity contribution < 1.29 is 9.53 Å². The van der Waals surface area contributed by atoms with E-state index in [4.69, 9.17) is 10.00 Å². The van der Waals surface area contributed by atoms with Crippen molar-refractivity contribution in [3.05, 3.63) is 59.2 Å². The molecule has 2 rings (SSSR count). The molecule has 1 N–H and O–H groups in total. The number of methoxy groups -OCH3 is 1. The standard InChI is InChI=1S/C16H14N2O2/c1-11-9-13(5-8-15(11)20-2)16(19)18-14-6-3-12(10-17)4-7-14/h3-9H,1-2H3,(H,18,19). The summed E-state index contributed by atoms with van der Waals surface area (Å²) in [7, 11) is 1.60. The average Bonchev–Trinajstić information content (AvgIpc) is 2.48. The topological polar surface area (TPSA) is 62.1 Å². The number of nitrogens with zero attached hydrogens (tertiary/aromatic N) is 1. The number of aryl methyl sites for hydroxylation is 1. The molecule has 0 aliphatic heterocycles. The predicted molar refractivity (Wildman–Crippen MR) is 76.8 cm³/mol. The van der Waals surface area contributed by atoms with Crippen LogP contribution in [0, 0.1) is 18.3 Å². The van der Waals surface area contributed by atoms with Gasteiger partial charge in [0.25, 0.3) is 5.91 Å². The maximum Gasteiger partial charge on any atom is 0.255 e.